The van der Waals surface area contributed by atoms with E-state index in [9.17, 15) is 9.59 Å². The van der Waals surface area contributed by atoms with Gasteiger partial charge in [0.25, 0.3) is 0 Å². The van der Waals surface area contributed by atoms with Crippen LogP contribution in [-0.4, -0.2) is 56.2 Å². The number of carbonyl (C=O) groups excluding carboxylic acids is 2. The van der Waals surface area contributed by atoms with Gasteiger partial charge in [0.05, 0.1) is 22.4 Å². The van der Waals surface area contributed by atoms with E-state index in [1.54, 1.807) is 6.92 Å². The SMILES string of the molecule is CC1=C(N2CCC3(CCC(NCc4ccc5c(c4)CCc4nnnn4-5)CC3)C2=O)COC1=O. The van der Waals surface area contributed by atoms with Gasteiger partial charge < -0.3 is 15.0 Å². The zero-order valence-corrected chi connectivity index (χ0v) is 18.8. The van der Waals surface area contributed by atoms with Gasteiger partial charge in [-0.1, -0.05) is 12.1 Å². The van der Waals surface area contributed by atoms with Crippen LogP contribution in [0.2, 0.25) is 0 Å². The van der Waals surface area contributed by atoms with E-state index in [2.05, 4.69) is 39.0 Å². The summed E-state index contributed by atoms with van der Waals surface area (Å²) in [5.41, 5.74) is 4.70. The summed E-state index contributed by atoms with van der Waals surface area (Å²) in [4.78, 5) is 26.9. The van der Waals surface area contributed by atoms with Crippen molar-refractivity contribution in [1.29, 1.82) is 0 Å². The van der Waals surface area contributed by atoms with E-state index < -0.39 is 0 Å². The van der Waals surface area contributed by atoms with E-state index >= 15 is 0 Å². The molecule has 172 valence electrons. The fourth-order valence-corrected chi connectivity index (χ4v) is 5.88. The number of aryl methyl sites for hydroxylation is 2. The van der Waals surface area contributed by atoms with Crippen LogP contribution in [0.5, 0.6) is 0 Å². The molecule has 9 heteroatoms. The molecule has 3 aliphatic heterocycles. The number of tetrazole rings is 1. The van der Waals surface area contributed by atoms with E-state index in [1.807, 2.05) is 9.58 Å². The normalized spacial score (nSPS) is 26.7. The van der Waals surface area contributed by atoms with Gasteiger partial charge in [-0.25, -0.2) is 4.79 Å². The molecular weight excluding hydrogens is 420 g/mol. The molecule has 2 aromatic rings. The highest BCUT2D eigenvalue weighted by Gasteiger charge is 2.50. The number of carbonyl (C=O) groups is 2. The minimum absolute atomic E-state index is 0.185. The summed E-state index contributed by atoms with van der Waals surface area (Å²) in [6, 6.07) is 6.93. The lowest BCUT2D eigenvalue weighted by Crippen LogP contribution is -2.42. The largest absolute Gasteiger partial charge is 0.456 e. The number of amides is 1. The maximum Gasteiger partial charge on any atom is 0.336 e. The van der Waals surface area contributed by atoms with Crippen LogP contribution in [0.3, 0.4) is 0 Å². The molecule has 4 aliphatic rings. The lowest BCUT2D eigenvalue weighted by atomic mass is 9.71. The Bertz CT molecular complexity index is 1160. The van der Waals surface area contributed by atoms with Gasteiger partial charge in [-0.2, -0.15) is 4.68 Å². The highest BCUT2D eigenvalue weighted by molar-refractivity contribution is 5.94. The van der Waals surface area contributed by atoms with Crippen LogP contribution in [0.4, 0.5) is 0 Å². The Labute approximate surface area is 192 Å². The maximum atomic E-state index is 13.3. The number of nitrogens with zero attached hydrogens (tertiary/aromatic N) is 5. The summed E-state index contributed by atoms with van der Waals surface area (Å²) in [5, 5.41) is 15.7. The average molecular weight is 449 g/mol. The first-order valence-corrected chi connectivity index (χ1v) is 11.9. The molecule has 0 radical (unpaired) electrons. The molecule has 1 aliphatic carbocycles. The molecule has 0 atom stereocenters. The van der Waals surface area contributed by atoms with Gasteiger partial charge in [0.2, 0.25) is 5.91 Å². The molecule has 1 aromatic carbocycles. The Morgan fingerprint density at radius 2 is 2.03 bits per heavy atom. The maximum absolute atomic E-state index is 13.3. The van der Waals surface area contributed by atoms with Gasteiger partial charge in [0, 0.05) is 25.6 Å². The second-order valence-corrected chi connectivity index (χ2v) is 9.76. The van der Waals surface area contributed by atoms with Crippen LogP contribution in [-0.2, 0) is 33.7 Å². The van der Waals surface area contributed by atoms with Crippen LogP contribution in [0, 0.1) is 5.41 Å². The van der Waals surface area contributed by atoms with E-state index in [-0.39, 0.29) is 23.9 Å². The fraction of sp³-hybridized carbons (Fsp3) is 0.542. The van der Waals surface area contributed by atoms with Gasteiger partial charge in [0.15, 0.2) is 5.82 Å². The van der Waals surface area contributed by atoms with E-state index in [0.29, 0.717) is 18.2 Å². The molecule has 9 nitrogen and oxygen atoms in total. The molecule has 1 saturated heterocycles. The number of aromatic nitrogens is 4. The highest BCUT2D eigenvalue weighted by atomic mass is 16.5. The van der Waals surface area contributed by atoms with Crippen molar-refractivity contribution in [2.75, 3.05) is 13.2 Å². The molecule has 1 saturated carbocycles. The minimum atomic E-state index is -0.299. The predicted octanol–water partition coefficient (Wildman–Crippen LogP) is 1.84. The third kappa shape index (κ3) is 3.37. The lowest BCUT2D eigenvalue weighted by Gasteiger charge is -2.36. The third-order valence-electron chi connectivity index (χ3n) is 7.98. The molecule has 1 spiro atoms. The van der Waals surface area contributed by atoms with Crippen molar-refractivity contribution in [2.45, 2.75) is 64.5 Å². The number of hydrogen-bond donors (Lipinski definition) is 1. The number of esters is 1. The Kier molecular flexibility index (Phi) is 4.83. The van der Waals surface area contributed by atoms with E-state index in [0.717, 1.165) is 68.7 Å². The first-order chi connectivity index (χ1) is 16.0. The Morgan fingerprint density at radius 1 is 1.18 bits per heavy atom. The van der Waals surface area contributed by atoms with Crippen molar-refractivity contribution < 1.29 is 14.3 Å². The summed E-state index contributed by atoms with van der Waals surface area (Å²) in [7, 11) is 0. The highest BCUT2D eigenvalue weighted by Crippen LogP contribution is 2.46. The van der Waals surface area contributed by atoms with Crippen LogP contribution < -0.4 is 5.32 Å². The van der Waals surface area contributed by atoms with Gasteiger partial charge in [0.1, 0.15) is 6.61 Å². The van der Waals surface area contributed by atoms with Gasteiger partial charge in [-0.3, -0.25) is 4.79 Å². The summed E-state index contributed by atoms with van der Waals surface area (Å²) < 4.78 is 6.96. The van der Waals surface area contributed by atoms with Crippen molar-refractivity contribution >= 4 is 11.9 Å². The van der Waals surface area contributed by atoms with Crippen molar-refractivity contribution in [1.82, 2.24) is 30.4 Å². The molecule has 1 aromatic heterocycles. The predicted molar refractivity (Wildman–Crippen MR) is 118 cm³/mol. The number of hydrogen-bond acceptors (Lipinski definition) is 7. The first-order valence-electron chi connectivity index (χ1n) is 11.9. The molecule has 2 fully saturated rings. The summed E-state index contributed by atoms with van der Waals surface area (Å²) in [6.45, 7) is 3.50. The second kappa shape index (κ2) is 7.76. The summed E-state index contributed by atoms with van der Waals surface area (Å²) in [6.07, 6.45) is 6.47. The molecule has 0 unspecified atom stereocenters. The molecule has 4 heterocycles. The number of nitrogens with one attached hydrogen (secondary N) is 1. The van der Waals surface area contributed by atoms with Gasteiger partial charge >= 0.3 is 5.97 Å². The van der Waals surface area contributed by atoms with Crippen molar-refractivity contribution in [3.05, 3.63) is 46.4 Å². The number of rotatable bonds is 4. The monoisotopic (exact) mass is 448 g/mol. The lowest BCUT2D eigenvalue weighted by molar-refractivity contribution is -0.138. The Balaban J connectivity index is 1.06. The van der Waals surface area contributed by atoms with Crippen LogP contribution in [0.1, 0.15) is 56.0 Å². The van der Waals surface area contributed by atoms with Crippen LogP contribution in [0.15, 0.2) is 29.5 Å². The van der Waals surface area contributed by atoms with Crippen molar-refractivity contribution in [2.24, 2.45) is 5.41 Å². The standard InChI is InChI=1S/C24H28N6O3/c1-15-20(14-33-22(15)31)29-11-10-24(23(29)32)8-6-18(7-9-24)25-13-16-2-4-19-17(12-16)3-5-21-26-27-28-30(19)21/h2,4,12,18,25H,3,5-11,13-14H2,1H3. The molecule has 1 N–H and O–H groups in total. The number of likely N-dealkylation sites (tertiary alicyclic amines) is 1. The average Bonchev–Trinajstić information content (AvgIpc) is 3.53. The summed E-state index contributed by atoms with van der Waals surface area (Å²) >= 11 is 0. The van der Waals surface area contributed by atoms with Crippen molar-refractivity contribution in [3.8, 4) is 5.69 Å². The Morgan fingerprint density at radius 3 is 2.82 bits per heavy atom. The fourth-order valence-electron chi connectivity index (χ4n) is 5.88. The number of fused-ring (bicyclic) bond motifs is 3. The zero-order valence-electron chi connectivity index (χ0n) is 18.8. The zero-order chi connectivity index (χ0) is 22.6. The first kappa shape index (κ1) is 20.5. The van der Waals surface area contributed by atoms with Crippen LogP contribution in [0.25, 0.3) is 5.69 Å². The molecule has 6 rings (SSSR count). The van der Waals surface area contributed by atoms with E-state index in [4.69, 9.17) is 4.74 Å². The Hall–Kier alpha value is -3.07. The van der Waals surface area contributed by atoms with Gasteiger partial charge in [-0.05, 0) is 73.1 Å². The summed E-state index contributed by atoms with van der Waals surface area (Å²) in [5.74, 6) is 0.806. The molecular formula is C24H28N6O3. The topological polar surface area (TPSA) is 102 Å². The van der Waals surface area contributed by atoms with Gasteiger partial charge in [-0.15, -0.1) is 5.10 Å². The quantitative estimate of drug-likeness (QED) is 0.712. The third-order valence-corrected chi connectivity index (χ3v) is 7.98. The van der Waals surface area contributed by atoms with Crippen LogP contribution >= 0.6 is 0 Å². The van der Waals surface area contributed by atoms with E-state index in [1.165, 1.54) is 11.1 Å². The number of cyclic esters (lactones) is 1. The van der Waals surface area contributed by atoms with Crippen molar-refractivity contribution in [3.63, 3.8) is 0 Å². The second-order valence-electron chi connectivity index (χ2n) is 9.76. The number of benzene rings is 1. The smallest absolute Gasteiger partial charge is 0.336 e. The molecule has 0 bridgehead atoms. The number of ether oxygens (including phenoxy) is 1. The molecule has 1 amide bonds. The minimum Gasteiger partial charge on any atom is -0.456 e. The molecule has 33 heavy (non-hydrogen) atoms.